The summed E-state index contributed by atoms with van der Waals surface area (Å²) in [6.45, 7) is 0.713. The number of alkyl halides is 13. The predicted molar refractivity (Wildman–Crippen MR) is 98.8 cm³/mol. The molecule has 0 fully saturated rings. The molecule has 0 aliphatic rings. The third kappa shape index (κ3) is 8.09. The number of rotatable bonds is 18. The second kappa shape index (κ2) is 13.3. The van der Waals surface area contributed by atoms with Gasteiger partial charge in [0.1, 0.15) is 0 Å². The molecule has 0 heterocycles. The van der Waals surface area contributed by atoms with Gasteiger partial charge in [0.25, 0.3) is 0 Å². The molecule has 0 unspecified atom stereocenters. The van der Waals surface area contributed by atoms with Crippen LogP contribution in [0.4, 0.5) is 57.1 Å². The van der Waals surface area contributed by atoms with Crippen molar-refractivity contribution in [3.63, 3.8) is 0 Å². The van der Waals surface area contributed by atoms with Crippen molar-refractivity contribution < 1.29 is 71.7 Å². The highest BCUT2D eigenvalue weighted by Crippen LogP contribution is 2.60. The van der Waals surface area contributed by atoms with E-state index < -0.39 is 48.0 Å². The van der Waals surface area contributed by atoms with Crippen molar-refractivity contribution in [1.29, 1.82) is 0 Å². The Morgan fingerprint density at radius 3 is 1.41 bits per heavy atom. The van der Waals surface area contributed by atoms with Crippen molar-refractivity contribution in [2.45, 2.75) is 42.2 Å². The summed E-state index contributed by atoms with van der Waals surface area (Å²) in [5.74, 6) is -36.8. The number of aliphatic hydroxyl groups is 1. The monoisotopic (exact) mass is 572 g/mol. The average molecular weight is 572 g/mol. The van der Waals surface area contributed by atoms with Crippen LogP contribution >= 0.6 is 23.5 Å². The summed E-state index contributed by atoms with van der Waals surface area (Å²) in [5, 5.41) is 8.46. The van der Waals surface area contributed by atoms with Gasteiger partial charge in [-0.05, 0) is 5.75 Å². The summed E-state index contributed by atoms with van der Waals surface area (Å²) in [7, 11) is 0. The topological polar surface area (TPSA) is 38.7 Å². The molecule has 0 aromatic carbocycles. The molecule has 0 aliphatic carbocycles. The highest BCUT2D eigenvalue weighted by Gasteiger charge is 2.90. The summed E-state index contributed by atoms with van der Waals surface area (Å²) in [4.78, 5) is 0. The Morgan fingerprint density at radius 2 is 0.941 bits per heavy atom. The molecule has 18 heteroatoms. The Bertz CT molecular complexity index is 589. The van der Waals surface area contributed by atoms with Gasteiger partial charge in [-0.3, -0.25) is 0 Å². The van der Waals surface area contributed by atoms with Gasteiger partial charge in [-0.2, -0.15) is 80.6 Å². The number of thioether (sulfide) groups is 2. The Hall–Kier alpha value is -0.330. The minimum atomic E-state index is -7.86. The molecule has 0 rings (SSSR count). The van der Waals surface area contributed by atoms with Gasteiger partial charge < -0.3 is 14.6 Å². The first-order valence-electron chi connectivity index (χ1n) is 9.19. The molecule has 34 heavy (non-hydrogen) atoms. The lowest BCUT2D eigenvalue weighted by Gasteiger charge is -2.39. The van der Waals surface area contributed by atoms with Gasteiger partial charge in [0.2, 0.25) is 0 Å². The van der Waals surface area contributed by atoms with Gasteiger partial charge in [0.05, 0.1) is 33.0 Å². The van der Waals surface area contributed by atoms with E-state index in [0.717, 1.165) is 0 Å². The summed E-state index contributed by atoms with van der Waals surface area (Å²) in [6, 6.07) is 0. The van der Waals surface area contributed by atoms with Crippen LogP contribution in [0.1, 0.15) is 6.42 Å². The zero-order valence-corrected chi connectivity index (χ0v) is 18.7. The van der Waals surface area contributed by atoms with Crippen LogP contribution in [-0.4, -0.2) is 96.9 Å². The molecule has 0 radical (unpaired) electrons. The Morgan fingerprint density at radius 1 is 0.500 bits per heavy atom. The normalized spacial score (nSPS) is 14.6. The molecule has 206 valence electrons. The quantitative estimate of drug-likeness (QED) is 0.171. The number of halogens is 13. The summed E-state index contributed by atoms with van der Waals surface area (Å²) >= 11 is 1.75. The molecule has 1 N–H and O–H groups in total. The van der Waals surface area contributed by atoms with Crippen LogP contribution in [0.3, 0.4) is 0 Å². The van der Waals surface area contributed by atoms with Crippen LogP contribution in [-0.2, 0) is 9.47 Å². The minimum Gasteiger partial charge on any atom is -0.394 e. The van der Waals surface area contributed by atoms with Crippen molar-refractivity contribution in [1.82, 2.24) is 0 Å². The number of hydrogen-bond acceptors (Lipinski definition) is 5. The van der Waals surface area contributed by atoms with Gasteiger partial charge >= 0.3 is 35.8 Å². The second-order valence-corrected chi connectivity index (χ2v) is 8.87. The van der Waals surface area contributed by atoms with Crippen LogP contribution < -0.4 is 0 Å². The lowest BCUT2D eigenvalue weighted by atomic mass is 9.93. The largest absolute Gasteiger partial charge is 0.460 e. The Kier molecular flexibility index (Phi) is 13.2. The summed E-state index contributed by atoms with van der Waals surface area (Å²) in [5.41, 5.74) is 0. The molecular formula is C16H21F13O3S2. The van der Waals surface area contributed by atoms with Crippen molar-refractivity contribution in [2.24, 2.45) is 0 Å². The van der Waals surface area contributed by atoms with Crippen molar-refractivity contribution >= 4 is 23.5 Å². The molecule has 0 spiro atoms. The van der Waals surface area contributed by atoms with E-state index in [1.807, 2.05) is 0 Å². The summed E-state index contributed by atoms with van der Waals surface area (Å²) in [6.07, 6.45) is -9.59. The lowest BCUT2D eigenvalue weighted by molar-refractivity contribution is -0.439. The molecule has 0 aromatic rings. The molecule has 3 nitrogen and oxygen atoms in total. The van der Waals surface area contributed by atoms with Gasteiger partial charge in [-0.25, -0.2) is 0 Å². The standard InChI is InChI=1S/C16H21F13O3S2/c17-11(18,1-7-33-9-10-34-8-6-32-5-4-31-3-2-30)12(19,20)13(21,22)14(23,24)15(25,26)16(27,28)29/h30H,1-10H2. The molecule has 0 atom stereocenters. The molecule has 0 aromatic heterocycles. The zero-order valence-electron chi connectivity index (χ0n) is 17.1. The zero-order chi connectivity index (χ0) is 26.9. The maximum Gasteiger partial charge on any atom is 0.460 e. The highest BCUT2D eigenvalue weighted by atomic mass is 32.2. The van der Waals surface area contributed by atoms with E-state index in [2.05, 4.69) is 0 Å². The smallest absolute Gasteiger partial charge is 0.394 e. The van der Waals surface area contributed by atoms with Crippen LogP contribution in [0.25, 0.3) is 0 Å². The molecule has 0 bridgehead atoms. The van der Waals surface area contributed by atoms with Gasteiger partial charge in [-0.15, -0.1) is 0 Å². The van der Waals surface area contributed by atoms with E-state index >= 15 is 0 Å². The summed E-state index contributed by atoms with van der Waals surface area (Å²) < 4.78 is 179. The molecule has 0 amide bonds. The average Bonchev–Trinajstić information content (AvgIpc) is 2.70. The van der Waals surface area contributed by atoms with Crippen LogP contribution in [0.2, 0.25) is 0 Å². The highest BCUT2D eigenvalue weighted by molar-refractivity contribution is 8.02. The third-order valence-corrected chi connectivity index (χ3v) is 6.10. The maximum atomic E-state index is 13.6. The maximum absolute atomic E-state index is 13.6. The first kappa shape index (κ1) is 33.7. The van der Waals surface area contributed by atoms with Gasteiger partial charge in [-0.1, -0.05) is 0 Å². The van der Waals surface area contributed by atoms with E-state index in [9.17, 15) is 57.1 Å². The van der Waals surface area contributed by atoms with Gasteiger partial charge in [0, 0.05) is 23.7 Å². The fourth-order valence-corrected chi connectivity index (χ4v) is 3.97. The molecular weight excluding hydrogens is 551 g/mol. The lowest BCUT2D eigenvalue weighted by Crippen LogP contribution is -2.70. The van der Waals surface area contributed by atoms with E-state index in [1.54, 1.807) is 0 Å². The molecule has 0 saturated carbocycles. The van der Waals surface area contributed by atoms with Crippen molar-refractivity contribution in [2.75, 3.05) is 56.0 Å². The second-order valence-electron chi connectivity index (χ2n) is 6.42. The van der Waals surface area contributed by atoms with Crippen LogP contribution in [0.15, 0.2) is 0 Å². The van der Waals surface area contributed by atoms with E-state index in [-0.39, 0.29) is 44.5 Å². The first-order chi connectivity index (χ1) is 15.3. The van der Waals surface area contributed by atoms with Crippen molar-refractivity contribution in [3.05, 3.63) is 0 Å². The molecule has 0 saturated heterocycles. The van der Waals surface area contributed by atoms with Gasteiger partial charge in [0.15, 0.2) is 0 Å². The number of hydrogen-bond donors (Lipinski definition) is 1. The Labute approximate surface area is 194 Å². The molecule has 0 aliphatic heterocycles. The Balaban J connectivity index is 4.63. The minimum absolute atomic E-state index is 0.0185. The number of ether oxygens (including phenoxy) is 2. The predicted octanol–water partition coefficient (Wildman–Crippen LogP) is 5.61. The van der Waals surface area contributed by atoms with E-state index in [4.69, 9.17) is 14.6 Å². The van der Waals surface area contributed by atoms with Crippen molar-refractivity contribution in [3.8, 4) is 0 Å². The third-order valence-electron chi connectivity index (χ3n) is 3.91. The van der Waals surface area contributed by atoms with Crippen LogP contribution in [0, 0.1) is 0 Å². The number of aliphatic hydroxyl groups excluding tert-OH is 1. The SMILES string of the molecule is OCCOCCOCCSCCSCCC(F)(F)C(F)(F)C(F)(F)C(F)(F)C(F)(F)C(F)(F)F. The van der Waals surface area contributed by atoms with E-state index in [1.165, 1.54) is 11.8 Å². The van der Waals surface area contributed by atoms with E-state index in [0.29, 0.717) is 17.5 Å². The fraction of sp³-hybridized carbons (Fsp3) is 1.00. The van der Waals surface area contributed by atoms with Crippen LogP contribution in [0.5, 0.6) is 0 Å². The fourth-order valence-electron chi connectivity index (χ4n) is 1.99. The first-order valence-corrected chi connectivity index (χ1v) is 11.5.